The lowest BCUT2D eigenvalue weighted by molar-refractivity contribution is -0.0270. The lowest BCUT2D eigenvalue weighted by Crippen LogP contribution is -2.38. The van der Waals surface area contributed by atoms with Gasteiger partial charge in [-0.1, -0.05) is 54.1 Å². The van der Waals surface area contributed by atoms with Crippen molar-refractivity contribution >= 4 is 11.6 Å². The van der Waals surface area contributed by atoms with Crippen molar-refractivity contribution in [3.05, 3.63) is 76.6 Å². The zero-order chi connectivity index (χ0) is 20.6. The molecule has 30 heavy (non-hydrogen) atoms. The summed E-state index contributed by atoms with van der Waals surface area (Å²) in [5.74, 6) is 0.872. The van der Waals surface area contributed by atoms with Crippen LogP contribution < -0.4 is 0 Å². The van der Waals surface area contributed by atoms with Gasteiger partial charge in [0, 0.05) is 24.5 Å². The van der Waals surface area contributed by atoms with Crippen LogP contribution in [0.1, 0.15) is 48.7 Å². The number of halogens is 1. The van der Waals surface area contributed by atoms with Gasteiger partial charge in [0.05, 0.1) is 6.10 Å². The number of ether oxygens (including phenoxy) is 1. The van der Waals surface area contributed by atoms with Crippen LogP contribution in [-0.4, -0.2) is 51.3 Å². The van der Waals surface area contributed by atoms with Crippen LogP contribution in [0.25, 0.3) is 0 Å². The summed E-state index contributed by atoms with van der Waals surface area (Å²) in [5.41, 5.74) is 2.33. The van der Waals surface area contributed by atoms with Crippen LogP contribution in [0.2, 0.25) is 5.02 Å². The lowest BCUT2D eigenvalue weighted by Gasteiger charge is -2.34. The molecular weight excluding hydrogens is 398 g/mol. The van der Waals surface area contributed by atoms with E-state index in [-0.39, 0.29) is 12.2 Å². The number of rotatable bonds is 9. The van der Waals surface area contributed by atoms with Crippen molar-refractivity contribution < 1.29 is 4.74 Å². The predicted octanol–water partition coefficient (Wildman–Crippen LogP) is 4.45. The average Bonchev–Trinajstić information content (AvgIpc) is 3.31. The summed E-state index contributed by atoms with van der Waals surface area (Å²) in [6.45, 7) is 3.28. The number of hydrogen-bond donors (Lipinski definition) is 1. The number of aromatic nitrogens is 4. The first kappa shape index (κ1) is 21.0. The zero-order valence-corrected chi connectivity index (χ0v) is 17.8. The molecule has 1 saturated heterocycles. The third-order valence-corrected chi connectivity index (χ3v) is 5.92. The number of aromatic amines is 1. The molecule has 3 aromatic rings. The summed E-state index contributed by atoms with van der Waals surface area (Å²) in [7, 11) is 0. The number of hydrogen-bond acceptors (Lipinski definition) is 5. The van der Waals surface area contributed by atoms with Gasteiger partial charge in [-0.05, 0) is 65.9 Å². The maximum Gasteiger partial charge on any atom is 0.148 e. The summed E-state index contributed by atoms with van der Waals surface area (Å²) in [4.78, 5) is 2.54. The molecule has 1 N–H and O–H groups in total. The number of unbranched alkanes of at least 4 members (excludes halogenated alkanes) is 1. The van der Waals surface area contributed by atoms with Gasteiger partial charge in [0.1, 0.15) is 11.9 Å². The largest absolute Gasteiger partial charge is 0.365 e. The predicted molar refractivity (Wildman–Crippen MR) is 117 cm³/mol. The van der Waals surface area contributed by atoms with E-state index in [4.69, 9.17) is 16.3 Å². The van der Waals surface area contributed by atoms with Crippen molar-refractivity contribution in [2.45, 2.75) is 44.3 Å². The number of tetrazole rings is 1. The van der Waals surface area contributed by atoms with E-state index in [1.165, 1.54) is 5.56 Å². The molecule has 1 aliphatic heterocycles. The van der Waals surface area contributed by atoms with Crippen molar-refractivity contribution in [2.75, 3.05) is 19.6 Å². The number of H-pyrrole nitrogens is 1. The quantitative estimate of drug-likeness (QED) is 0.513. The molecule has 1 fully saturated rings. The number of benzene rings is 2. The minimum atomic E-state index is -0.0597. The van der Waals surface area contributed by atoms with Gasteiger partial charge in [-0.2, -0.15) is 0 Å². The first-order valence-electron chi connectivity index (χ1n) is 10.7. The number of likely N-dealkylation sites (tertiary alicyclic amines) is 1. The van der Waals surface area contributed by atoms with Crippen LogP contribution in [0.4, 0.5) is 0 Å². The maximum atomic E-state index is 6.63. The van der Waals surface area contributed by atoms with Crippen molar-refractivity contribution in [2.24, 2.45) is 0 Å². The molecule has 0 saturated carbocycles. The molecule has 7 heteroatoms. The molecule has 0 amide bonds. The Morgan fingerprint density at radius 3 is 2.43 bits per heavy atom. The summed E-state index contributed by atoms with van der Waals surface area (Å²) >= 11 is 6.09. The summed E-state index contributed by atoms with van der Waals surface area (Å²) in [5, 5.41) is 14.7. The third kappa shape index (κ3) is 5.88. The Morgan fingerprint density at radius 1 is 1.00 bits per heavy atom. The molecule has 0 spiro atoms. The Bertz CT molecular complexity index is 864. The lowest BCUT2D eigenvalue weighted by atomic mass is 10.00. The van der Waals surface area contributed by atoms with Crippen LogP contribution in [0.5, 0.6) is 0 Å². The Morgan fingerprint density at radius 2 is 1.73 bits per heavy atom. The van der Waals surface area contributed by atoms with Crippen LogP contribution in [0.3, 0.4) is 0 Å². The molecule has 1 aromatic heterocycles. The summed E-state index contributed by atoms with van der Waals surface area (Å²) in [6, 6.07) is 18.5. The Balaban J connectivity index is 1.28. The van der Waals surface area contributed by atoms with Crippen LogP contribution >= 0.6 is 11.6 Å². The van der Waals surface area contributed by atoms with Gasteiger partial charge in [0.25, 0.3) is 0 Å². The van der Waals surface area contributed by atoms with Crippen molar-refractivity contribution in [3.63, 3.8) is 0 Å². The number of nitrogens with zero attached hydrogens (tertiary/aromatic N) is 4. The fourth-order valence-electron chi connectivity index (χ4n) is 3.99. The molecule has 6 nitrogen and oxygen atoms in total. The first-order valence-corrected chi connectivity index (χ1v) is 11.1. The van der Waals surface area contributed by atoms with Gasteiger partial charge >= 0.3 is 0 Å². The molecule has 1 unspecified atom stereocenters. The normalized spacial score (nSPS) is 16.6. The van der Waals surface area contributed by atoms with Gasteiger partial charge in [0.15, 0.2) is 0 Å². The van der Waals surface area contributed by atoms with Gasteiger partial charge in [-0.15, -0.1) is 5.10 Å². The van der Waals surface area contributed by atoms with Gasteiger partial charge < -0.3 is 9.64 Å². The number of aryl methyl sites for hydroxylation is 1. The highest BCUT2D eigenvalue weighted by molar-refractivity contribution is 6.30. The van der Waals surface area contributed by atoms with Gasteiger partial charge in [-0.25, -0.2) is 5.10 Å². The fraction of sp³-hybridized carbons (Fsp3) is 0.435. The van der Waals surface area contributed by atoms with E-state index in [1.54, 1.807) is 0 Å². The highest BCUT2D eigenvalue weighted by atomic mass is 35.5. The molecule has 1 aliphatic rings. The van der Waals surface area contributed by atoms with Crippen molar-refractivity contribution in [1.82, 2.24) is 25.5 Å². The first-order chi connectivity index (χ1) is 14.8. The highest BCUT2D eigenvalue weighted by Gasteiger charge is 2.24. The smallest absolute Gasteiger partial charge is 0.148 e. The van der Waals surface area contributed by atoms with Crippen LogP contribution in [0, 0.1) is 0 Å². The van der Waals surface area contributed by atoms with Crippen LogP contribution in [0.15, 0.2) is 54.6 Å². The van der Waals surface area contributed by atoms with E-state index in [2.05, 4.69) is 61.9 Å². The highest BCUT2D eigenvalue weighted by Crippen LogP contribution is 2.30. The fourth-order valence-corrected chi connectivity index (χ4v) is 4.11. The standard InChI is InChI=1S/C23H28ClN5O/c24-20-11-9-19(10-12-20)23(18-6-2-1-3-7-18)30-21-13-16-29(17-14-21)15-5-4-8-22-25-27-28-26-22/h1-3,6-7,9-12,21,23H,4-5,8,13-17H2,(H,25,26,27,28). The van der Waals surface area contributed by atoms with Gasteiger partial charge in [-0.3, -0.25) is 0 Å². The van der Waals surface area contributed by atoms with E-state index < -0.39 is 0 Å². The topological polar surface area (TPSA) is 66.9 Å². The summed E-state index contributed by atoms with van der Waals surface area (Å²) in [6.07, 6.45) is 5.49. The number of piperidine rings is 1. The van der Waals surface area contributed by atoms with E-state index in [0.29, 0.717) is 0 Å². The Kier molecular flexibility index (Phi) is 7.45. The Hall–Kier alpha value is -2.28. The second-order valence-electron chi connectivity index (χ2n) is 7.82. The molecule has 0 bridgehead atoms. The molecule has 0 aliphatic carbocycles. The third-order valence-electron chi connectivity index (χ3n) is 5.67. The minimum absolute atomic E-state index is 0.0597. The maximum absolute atomic E-state index is 6.63. The SMILES string of the molecule is Clc1ccc(C(OC2CCN(CCCCc3nnn[nH]3)CC2)c2ccccc2)cc1. The van der Waals surface area contributed by atoms with Crippen molar-refractivity contribution in [3.8, 4) is 0 Å². The molecule has 1 atom stereocenters. The Labute approximate surface area is 182 Å². The van der Waals surface area contributed by atoms with E-state index in [0.717, 1.165) is 68.1 Å². The molecule has 2 aromatic carbocycles. The van der Waals surface area contributed by atoms with E-state index in [1.807, 2.05) is 18.2 Å². The van der Waals surface area contributed by atoms with Crippen LogP contribution in [-0.2, 0) is 11.2 Å². The molecule has 4 rings (SSSR count). The zero-order valence-electron chi connectivity index (χ0n) is 17.1. The second-order valence-corrected chi connectivity index (χ2v) is 8.26. The van der Waals surface area contributed by atoms with Crippen molar-refractivity contribution in [1.29, 1.82) is 0 Å². The molecule has 0 radical (unpaired) electrons. The van der Waals surface area contributed by atoms with E-state index in [9.17, 15) is 0 Å². The summed E-state index contributed by atoms with van der Waals surface area (Å²) < 4.78 is 6.63. The minimum Gasteiger partial charge on any atom is -0.365 e. The monoisotopic (exact) mass is 425 g/mol. The second kappa shape index (κ2) is 10.7. The number of nitrogens with one attached hydrogen (secondary N) is 1. The van der Waals surface area contributed by atoms with Gasteiger partial charge in [0.2, 0.25) is 0 Å². The molecular formula is C23H28ClN5O. The van der Waals surface area contributed by atoms with E-state index >= 15 is 0 Å². The average molecular weight is 426 g/mol. The molecule has 158 valence electrons. The molecule has 2 heterocycles.